The van der Waals surface area contributed by atoms with E-state index < -0.39 is 11.8 Å². The van der Waals surface area contributed by atoms with Crippen molar-refractivity contribution < 1.29 is 14.3 Å². The molecule has 0 saturated carbocycles. The van der Waals surface area contributed by atoms with Gasteiger partial charge in [-0.25, -0.2) is 0 Å². The fourth-order valence-electron chi connectivity index (χ4n) is 2.00. The molecular weight excluding hydrogens is 244 g/mol. The Morgan fingerprint density at radius 1 is 1.11 bits per heavy atom. The molecule has 1 aliphatic rings. The fraction of sp³-hybridized carbons (Fsp3) is 0.429. The molecule has 5 nitrogen and oxygen atoms in total. The zero-order valence-corrected chi connectivity index (χ0v) is 11.4. The SMILES string of the molecule is CC(C)Oc1ccccc1N1CCN(C)C(=O)C1=O. The normalized spacial score (nSPS) is 16.2. The maximum atomic E-state index is 12.1. The van der Waals surface area contributed by atoms with Gasteiger partial charge in [0.2, 0.25) is 0 Å². The first-order valence-corrected chi connectivity index (χ1v) is 6.33. The molecule has 0 bridgehead atoms. The Balaban J connectivity index is 2.31. The molecule has 102 valence electrons. The molecule has 1 aliphatic heterocycles. The van der Waals surface area contributed by atoms with E-state index in [1.54, 1.807) is 13.1 Å². The number of nitrogens with zero attached hydrogens (tertiary/aromatic N) is 2. The molecule has 1 heterocycles. The molecule has 1 aromatic carbocycles. The molecule has 2 amide bonds. The van der Waals surface area contributed by atoms with Crippen LogP contribution in [0.25, 0.3) is 0 Å². The largest absolute Gasteiger partial charge is 0.489 e. The van der Waals surface area contributed by atoms with E-state index in [4.69, 9.17) is 4.74 Å². The number of carbonyl (C=O) groups is 2. The van der Waals surface area contributed by atoms with Gasteiger partial charge in [-0.3, -0.25) is 14.5 Å². The van der Waals surface area contributed by atoms with E-state index in [9.17, 15) is 9.59 Å². The number of hydrogen-bond donors (Lipinski definition) is 0. The average molecular weight is 262 g/mol. The van der Waals surface area contributed by atoms with Crippen LogP contribution in [0.3, 0.4) is 0 Å². The lowest BCUT2D eigenvalue weighted by Gasteiger charge is -2.32. The number of likely N-dealkylation sites (N-methyl/N-ethyl adjacent to an activating group) is 1. The van der Waals surface area contributed by atoms with Gasteiger partial charge >= 0.3 is 11.8 Å². The predicted octanol–water partition coefficient (Wildman–Crippen LogP) is 1.28. The fourth-order valence-corrected chi connectivity index (χ4v) is 2.00. The Hall–Kier alpha value is -2.04. The van der Waals surface area contributed by atoms with Crippen LogP contribution in [-0.4, -0.2) is 43.0 Å². The number of carbonyl (C=O) groups excluding carboxylic acids is 2. The van der Waals surface area contributed by atoms with E-state index in [1.165, 1.54) is 9.80 Å². The molecule has 0 aromatic heterocycles. The lowest BCUT2D eigenvalue weighted by molar-refractivity contribution is -0.145. The van der Waals surface area contributed by atoms with Gasteiger partial charge in [0.1, 0.15) is 5.75 Å². The van der Waals surface area contributed by atoms with Crippen molar-refractivity contribution in [3.8, 4) is 5.75 Å². The number of anilines is 1. The van der Waals surface area contributed by atoms with Crippen molar-refractivity contribution in [1.82, 2.24) is 4.90 Å². The number of rotatable bonds is 3. The van der Waals surface area contributed by atoms with Gasteiger partial charge in [0.25, 0.3) is 0 Å². The smallest absolute Gasteiger partial charge is 0.316 e. The first kappa shape index (κ1) is 13.4. The molecule has 0 radical (unpaired) electrons. The van der Waals surface area contributed by atoms with Gasteiger partial charge in [0.15, 0.2) is 0 Å². The van der Waals surface area contributed by atoms with E-state index in [1.807, 2.05) is 32.0 Å². The number of amides is 2. The van der Waals surface area contributed by atoms with Crippen LogP contribution in [-0.2, 0) is 9.59 Å². The predicted molar refractivity (Wildman–Crippen MR) is 72.2 cm³/mol. The van der Waals surface area contributed by atoms with Gasteiger partial charge in [-0.15, -0.1) is 0 Å². The Morgan fingerprint density at radius 3 is 2.47 bits per heavy atom. The van der Waals surface area contributed by atoms with E-state index in [0.717, 1.165) is 0 Å². The van der Waals surface area contributed by atoms with Crippen LogP contribution in [0.2, 0.25) is 0 Å². The van der Waals surface area contributed by atoms with Crippen LogP contribution in [0.15, 0.2) is 24.3 Å². The molecule has 0 spiro atoms. The van der Waals surface area contributed by atoms with Crippen molar-refractivity contribution in [2.24, 2.45) is 0 Å². The number of benzene rings is 1. The molecule has 0 aliphatic carbocycles. The van der Waals surface area contributed by atoms with Crippen molar-refractivity contribution in [3.05, 3.63) is 24.3 Å². The van der Waals surface area contributed by atoms with E-state index in [2.05, 4.69) is 0 Å². The van der Waals surface area contributed by atoms with Crippen LogP contribution in [0.1, 0.15) is 13.8 Å². The summed E-state index contributed by atoms with van der Waals surface area (Å²) in [4.78, 5) is 26.7. The molecule has 19 heavy (non-hydrogen) atoms. The van der Waals surface area contributed by atoms with Crippen LogP contribution < -0.4 is 9.64 Å². The van der Waals surface area contributed by atoms with Gasteiger partial charge in [0, 0.05) is 20.1 Å². The first-order chi connectivity index (χ1) is 9.00. The molecule has 1 fully saturated rings. The minimum absolute atomic E-state index is 0.0133. The first-order valence-electron chi connectivity index (χ1n) is 6.33. The summed E-state index contributed by atoms with van der Waals surface area (Å²) in [5, 5.41) is 0. The topological polar surface area (TPSA) is 49.9 Å². The number of para-hydroxylation sites is 2. The Morgan fingerprint density at radius 2 is 1.79 bits per heavy atom. The van der Waals surface area contributed by atoms with E-state index in [-0.39, 0.29) is 6.10 Å². The van der Waals surface area contributed by atoms with E-state index in [0.29, 0.717) is 24.5 Å². The van der Waals surface area contributed by atoms with Gasteiger partial charge in [-0.1, -0.05) is 12.1 Å². The van der Waals surface area contributed by atoms with Gasteiger partial charge in [0.05, 0.1) is 11.8 Å². The molecule has 0 atom stereocenters. The molecule has 0 unspecified atom stereocenters. The third-order valence-electron chi connectivity index (χ3n) is 2.95. The minimum Gasteiger partial charge on any atom is -0.489 e. The van der Waals surface area contributed by atoms with Crippen molar-refractivity contribution in [2.75, 3.05) is 25.0 Å². The van der Waals surface area contributed by atoms with Crippen LogP contribution >= 0.6 is 0 Å². The Labute approximate surface area is 112 Å². The lowest BCUT2D eigenvalue weighted by Crippen LogP contribution is -2.53. The summed E-state index contributed by atoms with van der Waals surface area (Å²) in [6.07, 6.45) is 0.0133. The second kappa shape index (κ2) is 5.30. The molecule has 2 rings (SSSR count). The van der Waals surface area contributed by atoms with Crippen LogP contribution in [0.5, 0.6) is 5.75 Å². The van der Waals surface area contributed by atoms with Crippen LogP contribution in [0.4, 0.5) is 5.69 Å². The maximum Gasteiger partial charge on any atom is 0.316 e. The molecule has 0 N–H and O–H groups in total. The summed E-state index contributed by atoms with van der Waals surface area (Å²) in [5.74, 6) is -0.359. The van der Waals surface area contributed by atoms with Crippen LogP contribution in [0, 0.1) is 0 Å². The summed E-state index contributed by atoms with van der Waals surface area (Å²) in [7, 11) is 1.63. The second-order valence-electron chi connectivity index (χ2n) is 4.82. The highest BCUT2D eigenvalue weighted by Gasteiger charge is 2.32. The lowest BCUT2D eigenvalue weighted by atomic mass is 10.2. The Kier molecular flexibility index (Phi) is 3.74. The highest BCUT2D eigenvalue weighted by atomic mass is 16.5. The monoisotopic (exact) mass is 262 g/mol. The van der Waals surface area contributed by atoms with Gasteiger partial charge in [-0.2, -0.15) is 0 Å². The molecular formula is C14H18N2O3. The summed E-state index contributed by atoms with van der Waals surface area (Å²) in [5.41, 5.74) is 0.655. The molecule has 5 heteroatoms. The van der Waals surface area contributed by atoms with Crippen molar-refractivity contribution in [3.63, 3.8) is 0 Å². The van der Waals surface area contributed by atoms with E-state index >= 15 is 0 Å². The quantitative estimate of drug-likeness (QED) is 0.771. The zero-order chi connectivity index (χ0) is 14.0. The highest BCUT2D eigenvalue weighted by molar-refractivity contribution is 6.41. The van der Waals surface area contributed by atoms with Gasteiger partial charge < -0.3 is 9.64 Å². The number of piperazine rings is 1. The second-order valence-corrected chi connectivity index (χ2v) is 4.82. The third-order valence-corrected chi connectivity index (χ3v) is 2.95. The minimum atomic E-state index is -0.506. The summed E-state index contributed by atoms with van der Waals surface area (Å²) in [6.45, 7) is 4.86. The highest BCUT2D eigenvalue weighted by Crippen LogP contribution is 2.30. The standard InChI is InChI=1S/C14H18N2O3/c1-10(2)19-12-7-5-4-6-11(12)16-9-8-15(3)13(17)14(16)18/h4-7,10H,8-9H2,1-3H3. The van der Waals surface area contributed by atoms with Crippen molar-refractivity contribution in [1.29, 1.82) is 0 Å². The Bertz CT molecular complexity index is 499. The van der Waals surface area contributed by atoms with Crippen molar-refractivity contribution >= 4 is 17.5 Å². The summed E-state index contributed by atoms with van der Waals surface area (Å²) < 4.78 is 5.69. The summed E-state index contributed by atoms with van der Waals surface area (Å²) in [6, 6.07) is 7.29. The zero-order valence-electron chi connectivity index (χ0n) is 11.4. The summed E-state index contributed by atoms with van der Waals surface area (Å²) >= 11 is 0. The van der Waals surface area contributed by atoms with Crippen molar-refractivity contribution in [2.45, 2.75) is 20.0 Å². The maximum absolute atomic E-state index is 12.1. The molecule has 1 aromatic rings. The number of hydrogen-bond acceptors (Lipinski definition) is 3. The number of ether oxygens (including phenoxy) is 1. The molecule has 1 saturated heterocycles. The average Bonchev–Trinajstić information content (AvgIpc) is 2.37. The third kappa shape index (κ3) is 2.70. The van der Waals surface area contributed by atoms with Gasteiger partial charge in [-0.05, 0) is 26.0 Å².